The van der Waals surface area contributed by atoms with E-state index in [1.54, 1.807) is 13.0 Å². The number of amides is 1. The van der Waals surface area contributed by atoms with E-state index in [1.807, 2.05) is 31.2 Å². The van der Waals surface area contributed by atoms with Crippen LogP contribution in [0, 0.1) is 13.8 Å². The SMILES string of the molecule is Cc1ccc(-c2cc(C(=O)Nc3nnc(C4CC4)s3)c3c(C)noc3n2)cc1. The molecule has 1 saturated carbocycles. The molecule has 0 atom stereocenters. The van der Waals surface area contributed by atoms with Crippen LogP contribution in [0.1, 0.15) is 45.4 Å². The van der Waals surface area contributed by atoms with E-state index in [9.17, 15) is 4.79 Å². The Balaban J connectivity index is 1.54. The number of hydrogen-bond acceptors (Lipinski definition) is 7. The van der Waals surface area contributed by atoms with Crippen LogP contribution in [0.25, 0.3) is 22.4 Å². The number of aromatic nitrogens is 4. The highest BCUT2D eigenvalue weighted by atomic mass is 32.1. The average Bonchev–Trinajstić information content (AvgIpc) is 3.34. The van der Waals surface area contributed by atoms with Gasteiger partial charge < -0.3 is 4.52 Å². The molecule has 3 heterocycles. The van der Waals surface area contributed by atoms with E-state index in [4.69, 9.17) is 4.52 Å². The largest absolute Gasteiger partial charge is 0.335 e. The Kier molecular flexibility index (Phi) is 3.94. The predicted molar refractivity (Wildman–Crippen MR) is 107 cm³/mol. The zero-order chi connectivity index (χ0) is 19.3. The van der Waals surface area contributed by atoms with Crippen LogP contribution in [-0.4, -0.2) is 26.2 Å². The van der Waals surface area contributed by atoms with E-state index in [0.717, 1.165) is 29.0 Å². The lowest BCUT2D eigenvalue weighted by molar-refractivity contribution is 0.102. The molecule has 1 fully saturated rings. The summed E-state index contributed by atoms with van der Waals surface area (Å²) in [7, 11) is 0. The second-order valence-electron chi connectivity index (χ2n) is 7.04. The summed E-state index contributed by atoms with van der Waals surface area (Å²) in [5, 5.41) is 17.2. The molecule has 7 nitrogen and oxygen atoms in total. The average molecular weight is 391 g/mol. The van der Waals surface area contributed by atoms with Gasteiger partial charge in [-0.25, -0.2) is 4.98 Å². The third kappa shape index (κ3) is 3.05. The minimum absolute atomic E-state index is 0.273. The molecule has 0 saturated heterocycles. The number of hydrogen-bond donors (Lipinski definition) is 1. The zero-order valence-corrected chi connectivity index (χ0v) is 16.2. The molecule has 1 aliphatic carbocycles. The van der Waals surface area contributed by atoms with Crippen LogP contribution in [0.5, 0.6) is 0 Å². The van der Waals surface area contributed by atoms with Gasteiger partial charge >= 0.3 is 0 Å². The van der Waals surface area contributed by atoms with Crippen molar-refractivity contribution in [1.82, 2.24) is 20.3 Å². The summed E-state index contributed by atoms with van der Waals surface area (Å²) in [6, 6.07) is 9.73. The molecular formula is C20H17N5O2S. The van der Waals surface area contributed by atoms with Crippen molar-refractivity contribution < 1.29 is 9.32 Å². The molecule has 28 heavy (non-hydrogen) atoms. The summed E-state index contributed by atoms with van der Waals surface area (Å²) in [6.45, 7) is 3.82. The second-order valence-corrected chi connectivity index (χ2v) is 8.05. The number of carbonyl (C=O) groups excluding carboxylic acids is 1. The van der Waals surface area contributed by atoms with Gasteiger partial charge in [-0.3, -0.25) is 10.1 Å². The fourth-order valence-electron chi connectivity index (χ4n) is 3.09. The first-order chi connectivity index (χ1) is 13.6. The van der Waals surface area contributed by atoms with Crippen LogP contribution in [0.4, 0.5) is 5.13 Å². The van der Waals surface area contributed by atoms with Gasteiger partial charge in [-0.1, -0.05) is 46.3 Å². The number of fused-ring (bicyclic) bond motifs is 1. The quantitative estimate of drug-likeness (QED) is 0.551. The lowest BCUT2D eigenvalue weighted by Crippen LogP contribution is -2.13. The van der Waals surface area contributed by atoms with Crippen LogP contribution < -0.4 is 5.32 Å². The highest BCUT2D eigenvalue weighted by Gasteiger charge is 2.28. The molecule has 4 aromatic rings. The Morgan fingerprint density at radius 2 is 1.96 bits per heavy atom. The van der Waals surface area contributed by atoms with Gasteiger partial charge in [0.25, 0.3) is 11.6 Å². The first-order valence-electron chi connectivity index (χ1n) is 9.07. The lowest BCUT2D eigenvalue weighted by Gasteiger charge is -2.07. The van der Waals surface area contributed by atoms with Crippen molar-refractivity contribution >= 4 is 33.5 Å². The zero-order valence-electron chi connectivity index (χ0n) is 15.4. The van der Waals surface area contributed by atoms with Crippen LogP contribution in [0.3, 0.4) is 0 Å². The molecule has 0 aliphatic heterocycles. The van der Waals surface area contributed by atoms with E-state index < -0.39 is 0 Å². The summed E-state index contributed by atoms with van der Waals surface area (Å²) in [5.74, 6) is 0.231. The molecule has 1 amide bonds. The Bertz CT molecular complexity index is 1190. The molecule has 140 valence electrons. The van der Waals surface area contributed by atoms with Crippen molar-refractivity contribution in [3.8, 4) is 11.3 Å². The molecule has 8 heteroatoms. The predicted octanol–water partition coefficient (Wildman–Crippen LogP) is 4.49. The van der Waals surface area contributed by atoms with Crippen LogP contribution in [-0.2, 0) is 0 Å². The molecular weight excluding hydrogens is 374 g/mol. The maximum absolute atomic E-state index is 13.0. The normalized spacial score (nSPS) is 13.8. The fourth-order valence-corrected chi connectivity index (χ4v) is 4.00. The maximum Gasteiger partial charge on any atom is 0.259 e. The summed E-state index contributed by atoms with van der Waals surface area (Å²) in [6.07, 6.45) is 2.29. The summed E-state index contributed by atoms with van der Waals surface area (Å²) >= 11 is 1.43. The number of benzene rings is 1. The first kappa shape index (κ1) is 17.0. The molecule has 1 N–H and O–H groups in total. The van der Waals surface area contributed by atoms with Crippen LogP contribution in [0.2, 0.25) is 0 Å². The van der Waals surface area contributed by atoms with Gasteiger partial charge in [0.15, 0.2) is 0 Å². The number of carbonyl (C=O) groups is 1. The van der Waals surface area contributed by atoms with Crippen molar-refractivity contribution in [1.29, 1.82) is 0 Å². The van der Waals surface area contributed by atoms with Crippen molar-refractivity contribution in [2.45, 2.75) is 32.6 Å². The number of pyridine rings is 1. The minimum atomic E-state index is -0.273. The van der Waals surface area contributed by atoms with Gasteiger partial charge in [0, 0.05) is 11.5 Å². The summed E-state index contributed by atoms with van der Waals surface area (Å²) in [5.41, 5.74) is 4.14. The lowest BCUT2D eigenvalue weighted by atomic mass is 10.0. The van der Waals surface area contributed by atoms with Gasteiger partial charge in [-0.05, 0) is 32.8 Å². The van der Waals surface area contributed by atoms with Gasteiger partial charge in [0.1, 0.15) is 5.01 Å². The van der Waals surface area contributed by atoms with E-state index in [-0.39, 0.29) is 5.91 Å². The van der Waals surface area contributed by atoms with Gasteiger partial charge in [0.2, 0.25) is 5.13 Å². The third-order valence-corrected chi connectivity index (χ3v) is 5.80. The van der Waals surface area contributed by atoms with Crippen molar-refractivity contribution in [2.75, 3.05) is 5.32 Å². The Hall–Kier alpha value is -3.13. The highest BCUT2D eigenvalue weighted by molar-refractivity contribution is 7.15. The van der Waals surface area contributed by atoms with E-state index in [0.29, 0.717) is 39.1 Å². The minimum Gasteiger partial charge on any atom is -0.335 e. The topological polar surface area (TPSA) is 93.8 Å². The smallest absolute Gasteiger partial charge is 0.259 e. The number of rotatable bonds is 4. The second kappa shape index (κ2) is 6.49. The van der Waals surface area contributed by atoms with E-state index in [1.165, 1.54) is 11.3 Å². The van der Waals surface area contributed by atoms with Crippen molar-refractivity contribution in [3.63, 3.8) is 0 Å². The summed E-state index contributed by atoms with van der Waals surface area (Å²) in [4.78, 5) is 17.6. The molecule has 3 aromatic heterocycles. The number of nitrogens with one attached hydrogen (secondary N) is 1. The standard InChI is InChI=1S/C20H17N5O2S/c1-10-3-5-12(6-4-10)15-9-14(16-11(2)25-27-18(16)21-15)17(26)22-20-24-23-19(28-20)13-7-8-13/h3-6,9,13H,7-8H2,1-2H3,(H,22,24,26). The van der Waals surface area contributed by atoms with Crippen LogP contribution in [0.15, 0.2) is 34.9 Å². The third-order valence-electron chi connectivity index (χ3n) is 4.80. The maximum atomic E-state index is 13.0. The van der Waals surface area contributed by atoms with Gasteiger partial charge in [-0.15, -0.1) is 10.2 Å². The fraction of sp³-hybridized carbons (Fsp3) is 0.250. The van der Waals surface area contributed by atoms with Gasteiger partial charge in [0.05, 0.1) is 22.3 Å². The summed E-state index contributed by atoms with van der Waals surface area (Å²) < 4.78 is 5.35. The van der Waals surface area contributed by atoms with Crippen molar-refractivity contribution in [2.24, 2.45) is 0 Å². The molecule has 0 unspecified atom stereocenters. The van der Waals surface area contributed by atoms with E-state index >= 15 is 0 Å². The molecule has 0 spiro atoms. The molecule has 0 bridgehead atoms. The monoisotopic (exact) mass is 391 g/mol. The Morgan fingerprint density at radius 1 is 1.18 bits per heavy atom. The Labute approximate surface area is 164 Å². The molecule has 1 aromatic carbocycles. The number of anilines is 1. The highest BCUT2D eigenvalue weighted by Crippen LogP contribution is 2.42. The number of nitrogens with zero attached hydrogens (tertiary/aromatic N) is 4. The van der Waals surface area contributed by atoms with Gasteiger partial charge in [-0.2, -0.15) is 0 Å². The first-order valence-corrected chi connectivity index (χ1v) is 9.89. The van der Waals surface area contributed by atoms with E-state index in [2.05, 4.69) is 25.7 Å². The molecule has 5 rings (SSSR count). The molecule has 1 aliphatic rings. The number of aryl methyl sites for hydroxylation is 2. The molecule has 0 radical (unpaired) electrons. The van der Waals surface area contributed by atoms with Crippen LogP contribution >= 0.6 is 11.3 Å². The Morgan fingerprint density at radius 3 is 2.71 bits per heavy atom. The van der Waals surface area contributed by atoms with Crippen molar-refractivity contribution in [3.05, 3.63) is 52.2 Å².